The van der Waals surface area contributed by atoms with Crippen molar-refractivity contribution in [2.45, 2.75) is 72.8 Å². The van der Waals surface area contributed by atoms with Gasteiger partial charge in [0.25, 0.3) is 5.91 Å². The molecule has 0 aromatic carbocycles. The van der Waals surface area contributed by atoms with Crippen LogP contribution < -0.4 is 5.32 Å². The Morgan fingerprint density at radius 2 is 1.86 bits per heavy atom. The van der Waals surface area contributed by atoms with Gasteiger partial charge in [-0.1, -0.05) is 20.8 Å². The van der Waals surface area contributed by atoms with Crippen LogP contribution in [0.1, 0.15) is 85.7 Å². The highest BCUT2D eigenvalue weighted by molar-refractivity contribution is 7.91. The van der Waals surface area contributed by atoms with E-state index in [2.05, 4.69) is 43.0 Å². The first-order valence-corrected chi connectivity index (χ1v) is 15.8. The predicted octanol–water partition coefficient (Wildman–Crippen LogP) is 4.99. The Bertz CT molecular complexity index is 1270. The highest BCUT2D eigenvalue weighted by Crippen LogP contribution is 2.37. The molecule has 4 heterocycles. The number of hydrogen-bond donors (Lipinski definition) is 1. The minimum atomic E-state index is -3.08. The third-order valence-corrected chi connectivity index (χ3v) is 10.0. The zero-order valence-electron chi connectivity index (χ0n) is 22.5. The fourth-order valence-electron chi connectivity index (χ4n) is 4.86. The van der Waals surface area contributed by atoms with Crippen LogP contribution in [0.3, 0.4) is 0 Å². The second-order valence-corrected chi connectivity index (χ2v) is 14.9. The van der Waals surface area contributed by atoms with E-state index in [4.69, 9.17) is 0 Å². The third-order valence-electron chi connectivity index (χ3n) is 7.19. The first kappa shape index (κ1) is 27.7. The monoisotopic (exact) mass is 546 g/mol. The van der Waals surface area contributed by atoms with E-state index in [1.807, 2.05) is 17.9 Å². The molecule has 2 aromatic heterocycles. The number of piperidine rings is 1. The summed E-state index contributed by atoms with van der Waals surface area (Å²) >= 11 is 1.23. The van der Waals surface area contributed by atoms with E-state index >= 15 is 0 Å². The largest absolute Gasteiger partial charge is 0.370 e. The minimum absolute atomic E-state index is 0.0186. The number of ketones is 1. The molecular weight excluding hydrogens is 508 g/mol. The summed E-state index contributed by atoms with van der Waals surface area (Å²) in [5.74, 6) is 0.0924. The third kappa shape index (κ3) is 6.57. The van der Waals surface area contributed by atoms with Gasteiger partial charge < -0.3 is 10.2 Å². The van der Waals surface area contributed by atoms with E-state index in [-0.39, 0.29) is 45.6 Å². The standard InChI is InChI=1S/C27H38N4O4S2/c1-17-14-21(29-16-27(3,4)5)28-15-20(17)24-22(26(33)31-11-7-6-8-18(31)2)30-25(36-24)23(32)19-9-12-37(34,35)13-10-19/h14-15,18-19H,6-13,16H2,1-5H3,(H,28,29)/t18-/m0/s1. The Morgan fingerprint density at radius 1 is 1.16 bits per heavy atom. The van der Waals surface area contributed by atoms with Gasteiger partial charge in [0, 0.05) is 36.8 Å². The van der Waals surface area contributed by atoms with Gasteiger partial charge in [0.1, 0.15) is 21.3 Å². The molecule has 37 heavy (non-hydrogen) atoms. The van der Waals surface area contributed by atoms with Crippen LogP contribution in [0, 0.1) is 18.3 Å². The summed E-state index contributed by atoms with van der Waals surface area (Å²) < 4.78 is 23.7. The van der Waals surface area contributed by atoms with Gasteiger partial charge in [0.2, 0.25) is 0 Å². The number of Topliss-reactive ketones (excluding diaryl/α,β-unsaturated/α-hetero) is 1. The normalized spacial score (nSPS) is 20.6. The Balaban J connectivity index is 1.69. The van der Waals surface area contributed by atoms with Gasteiger partial charge >= 0.3 is 0 Å². The number of likely N-dealkylation sites (tertiary alicyclic amines) is 1. The molecule has 202 valence electrons. The highest BCUT2D eigenvalue weighted by Gasteiger charge is 2.34. The summed E-state index contributed by atoms with van der Waals surface area (Å²) in [5, 5.41) is 3.65. The second-order valence-electron chi connectivity index (χ2n) is 11.6. The van der Waals surface area contributed by atoms with Crippen LogP contribution in [0.25, 0.3) is 10.4 Å². The number of aryl methyl sites for hydroxylation is 1. The van der Waals surface area contributed by atoms with Crippen LogP contribution in [0.15, 0.2) is 12.3 Å². The molecule has 0 aliphatic carbocycles. The molecule has 0 bridgehead atoms. The maximum absolute atomic E-state index is 13.7. The number of thiazole rings is 1. The summed E-state index contributed by atoms with van der Waals surface area (Å²) in [7, 11) is -3.08. The molecule has 0 saturated carbocycles. The van der Waals surface area contributed by atoms with Crippen molar-refractivity contribution in [2.24, 2.45) is 11.3 Å². The molecule has 2 fully saturated rings. The van der Waals surface area contributed by atoms with Gasteiger partial charge in [-0.05, 0) is 63.0 Å². The van der Waals surface area contributed by atoms with Crippen LogP contribution in [-0.4, -0.2) is 65.6 Å². The SMILES string of the molecule is Cc1cc(NCC(C)(C)C)ncc1-c1sc(C(=O)C2CCS(=O)(=O)CC2)nc1C(=O)N1CCCC[C@@H]1C. The Kier molecular flexibility index (Phi) is 8.09. The molecule has 1 atom stereocenters. The molecule has 1 N–H and O–H groups in total. The van der Waals surface area contributed by atoms with Crippen molar-refractivity contribution in [3.63, 3.8) is 0 Å². The topological polar surface area (TPSA) is 109 Å². The molecular formula is C27H38N4O4S2. The quantitative estimate of drug-likeness (QED) is 0.508. The van der Waals surface area contributed by atoms with Gasteiger partial charge in [0.05, 0.1) is 16.4 Å². The summed E-state index contributed by atoms with van der Waals surface area (Å²) in [4.78, 5) is 38.9. The van der Waals surface area contributed by atoms with Gasteiger partial charge in [-0.25, -0.2) is 18.4 Å². The molecule has 10 heteroatoms. The average Bonchev–Trinajstić information content (AvgIpc) is 3.27. The van der Waals surface area contributed by atoms with E-state index in [0.717, 1.165) is 42.8 Å². The number of carbonyl (C=O) groups excluding carboxylic acids is 2. The number of anilines is 1. The zero-order valence-corrected chi connectivity index (χ0v) is 24.1. The Labute approximate surface area is 224 Å². The number of nitrogens with zero attached hydrogens (tertiary/aromatic N) is 3. The number of pyridine rings is 1. The molecule has 2 saturated heterocycles. The van der Waals surface area contributed by atoms with E-state index in [9.17, 15) is 18.0 Å². The van der Waals surface area contributed by atoms with Crippen molar-refractivity contribution in [2.75, 3.05) is 29.9 Å². The number of hydrogen-bond acceptors (Lipinski definition) is 8. The maximum Gasteiger partial charge on any atom is 0.274 e. The number of aromatic nitrogens is 2. The van der Waals surface area contributed by atoms with Crippen LogP contribution in [0.2, 0.25) is 0 Å². The lowest BCUT2D eigenvalue weighted by molar-refractivity contribution is 0.0631. The fourth-order valence-corrected chi connectivity index (χ4v) is 7.50. The summed E-state index contributed by atoms with van der Waals surface area (Å²) in [6.45, 7) is 11.9. The van der Waals surface area contributed by atoms with Crippen LogP contribution in [0.4, 0.5) is 5.82 Å². The van der Waals surface area contributed by atoms with Gasteiger partial charge in [-0.3, -0.25) is 9.59 Å². The highest BCUT2D eigenvalue weighted by atomic mass is 32.2. The lowest BCUT2D eigenvalue weighted by Gasteiger charge is -2.33. The smallest absolute Gasteiger partial charge is 0.274 e. The van der Waals surface area contributed by atoms with Crippen molar-refractivity contribution in [3.05, 3.63) is 28.5 Å². The van der Waals surface area contributed by atoms with Gasteiger partial charge in [-0.15, -0.1) is 11.3 Å². The molecule has 2 aliphatic heterocycles. The molecule has 0 spiro atoms. The number of rotatable bonds is 6. The molecule has 2 aromatic rings. The molecule has 1 amide bonds. The van der Waals surface area contributed by atoms with Crippen molar-refractivity contribution < 1.29 is 18.0 Å². The summed E-state index contributed by atoms with van der Waals surface area (Å²) in [5.41, 5.74) is 2.13. The Morgan fingerprint density at radius 3 is 2.49 bits per heavy atom. The van der Waals surface area contributed by atoms with Gasteiger partial charge in [-0.2, -0.15) is 0 Å². The predicted molar refractivity (Wildman–Crippen MR) is 148 cm³/mol. The minimum Gasteiger partial charge on any atom is -0.370 e. The summed E-state index contributed by atoms with van der Waals surface area (Å²) in [6, 6.07) is 2.08. The van der Waals surface area contributed by atoms with Crippen LogP contribution >= 0.6 is 11.3 Å². The van der Waals surface area contributed by atoms with E-state index in [0.29, 0.717) is 30.0 Å². The Hall–Kier alpha value is -2.33. The van der Waals surface area contributed by atoms with E-state index in [1.54, 1.807) is 6.20 Å². The first-order chi connectivity index (χ1) is 17.3. The molecule has 4 rings (SSSR count). The second kappa shape index (κ2) is 10.8. The van der Waals surface area contributed by atoms with Gasteiger partial charge in [0.15, 0.2) is 10.8 Å². The first-order valence-electron chi connectivity index (χ1n) is 13.1. The molecule has 8 nitrogen and oxygen atoms in total. The number of sulfone groups is 1. The fraction of sp³-hybridized carbons (Fsp3) is 0.630. The molecule has 0 radical (unpaired) electrons. The zero-order chi connectivity index (χ0) is 27.0. The average molecular weight is 547 g/mol. The van der Waals surface area contributed by atoms with Crippen LogP contribution in [0.5, 0.6) is 0 Å². The van der Waals surface area contributed by atoms with Crippen LogP contribution in [-0.2, 0) is 9.84 Å². The van der Waals surface area contributed by atoms with Crippen molar-refractivity contribution in [1.29, 1.82) is 0 Å². The molecule has 0 unspecified atom stereocenters. The van der Waals surface area contributed by atoms with E-state index in [1.165, 1.54) is 11.3 Å². The number of amides is 1. The summed E-state index contributed by atoms with van der Waals surface area (Å²) in [6.07, 6.45) is 5.35. The van der Waals surface area contributed by atoms with Crippen molar-refractivity contribution >= 4 is 38.7 Å². The lowest BCUT2D eigenvalue weighted by Crippen LogP contribution is -2.42. The number of nitrogens with one attached hydrogen (secondary N) is 1. The number of carbonyl (C=O) groups is 2. The maximum atomic E-state index is 13.7. The lowest BCUT2D eigenvalue weighted by atomic mass is 9.97. The van der Waals surface area contributed by atoms with Crippen molar-refractivity contribution in [1.82, 2.24) is 14.9 Å². The van der Waals surface area contributed by atoms with Crippen molar-refractivity contribution in [3.8, 4) is 10.4 Å². The van der Waals surface area contributed by atoms with E-state index < -0.39 is 9.84 Å². The molecule has 2 aliphatic rings.